The Morgan fingerprint density at radius 3 is 1.24 bits per heavy atom. The molecule has 49 heavy (non-hydrogen) atoms. The normalized spacial score (nSPS) is 12.7. The van der Waals surface area contributed by atoms with Crippen molar-refractivity contribution in [3.05, 3.63) is 24.3 Å². The highest BCUT2D eigenvalue weighted by Crippen LogP contribution is 2.36. The van der Waals surface area contributed by atoms with Crippen LogP contribution < -0.4 is 0 Å². The van der Waals surface area contributed by atoms with Gasteiger partial charge in [0, 0.05) is 12.8 Å². The van der Waals surface area contributed by atoms with Crippen LogP contribution >= 0.6 is 7.82 Å². The summed E-state index contributed by atoms with van der Waals surface area (Å²) < 4.78 is 26.3. The Balaban J connectivity index is 3.95. The molecule has 0 unspecified atom stereocenters. The van der Waals surface area contributed by atoms with E-state index < -0.39 is 32.5 Å². The van der Waals surface area contributed by atoms with E-state index in [-0.39, 0.29) is 19.4 Å². The summed E-state index contributed by atoms with van der Waals surface area (Å²) in [6.45, 7) is 3.67. The first kappa shape index (κ1) is 47.5. The summed E-state index contributed by atoms with van der Waals surface area (Å²) in [7, 11) is -4.75. The number of phosphoric acid groups is 1. The molecular weight excluding hydrogens is 639 g/mol. The minimum Gasteiger partial charge on any atom is -0.462 e. The molecule has 0 saturated carbocycles. The van der Waals surface area contributed by atoms with E-state index in [0.717, 1.165) is 64.2 Å². The van der Waals surface area contributed by atoms with Gasteiger partial charge in [-0.05, 0) is 64.2 Å². The molecule has 0 fully saturated rings. The second-order valence-corrected chi connectivity index (χ2v) is 14.8. The molecule has 0 saturated heterocycles. The third-order valence-corrected chi connectivity index (χ3v) is 9.18. The van der Waals surface area contributed by atoms with Gasteiger partial charge in [-0.15, -0.1) is 0 Å². The molecule has 0 aliphatic heterocycles. The molecule has 0 spiro atoms. The largest absolute Gasteiger partial charge is 0.469 e. The number of rotatable bonds is 37. The molecule has 2 N–H and O–H groups in total. The molecule has 0 bridgehead atoms. The van der Waals surface area contributed by atoms with Gasteiger partial charge in [0.15, 0.2) is 6.10 Å². The highest BCUT2D eigenvalue weighted by Gasteiger charge is 2.22. The van der Waals surface area contributed by atoms with Gasteiger partial charge in [-0.1, -0.05) is 147 Å². The molecule has 0 aromatic rings. The van der Waals surface area contributed by atoms with E-state index >= 15 is 0 Å². The van der Waals surface area contributed by atoms with Gasteiger partial charge in [-0.3, -0.25) is 14.1 Å². The van der Waals surface area contributed by atoms with Gasteiger partial charge in [-0.2, -0.15) is 0 Å². The monoisotopic (exact) mass is 715 g/mol. The van der Waals surface area contributed by atoms with Crippen LogP contribution in [0.25, 0.3) is 0 Å². The molecule has 0 aromatic heterocycles. The van der Waals surface area contributed by atoms with Gasteiger partial charge in [-0.25, -0.2) is 4.57 Å². The van der Waals surface area contributed by atoms with Crippen LogP contribution in [-0.4, -0.2) is 41.0 Å². The molecule has 0 aromatic carbocycles. The van der Waals surface area contributed by atoms with Crippen molar-refractivity contribution >= 4 is 19.8 Å². The Morgan fingerprint density at radius 1 is 0.510 bits per heavy atom. The van der Waals surface area contributed by atoms with Crippen molar-refractivity contribution in [2.45, 2.75) is 206 Å². The average Bonchev–Trinajstić information content (AvgIpc) is 3.07. The first-order chi connectivity index (χ1) is 23.8. The van der Waals surface area contributed by atoms with Crippen molar-refractivity contribution in [2.75, 3.05) is 13.2 Å². The SMILES string of the molecule is CCCCCCCC/C=C\CCCCCCCC(=O)O[C@H](COC(=O)CCCCCCC/C=C\CCCCCCCCC)COP(=O)(O)O. The number of carbonyl (C=O) groups excluding carboxylic acids is 2. The third kappa shape index (κ3) is 39.2. The third-order valence-electron chi connectivity index (χ3n) is 8.69. The van der Waals surface area contributed by atoms with Crippen molar-refractivity contribution < 1.29 is 37.9 Å². The van der Waals surface area contributed by atoms with Crippen molar-refractivity contribution in [2.24, 2.45) is 0 Å². The average molecular weight is 715 g/mol. The number of unbranched alkanes of at least 4 members (excludes halogenated alkanes) is 23. The molecule has 9 heteroatoms. The predicted molar refractivity (Wildman–Crippen MR) is 202 cm³/mol. The number of hydrogen-bond donors (Lipinski definition) is 2. The number of ether oxygens (including phenoxy) is 2. The summed E-state index contributed by atoms with van der Waals surface area (Å²) in [5.41, 5.74) is 0. The Bertz CT molecular complexity index is 853. The van der Waals surface area contributed by atoms with Crippen LogP contribution in [0.5, 0.6) is 0 Å². The maximum atomic E-state index is 12.4. The summed E-state index contributed by atoms with van der Waals surface area (Å²) in [5, 5.41) is 0. The van der Waals surface area contributed by atoms with Crippen molar-refractivity contribution in [3.63, 3.8) is 0 Å². The maximum Gasteiger partial charge on any atom is 0.469 e. The zero-order valence-corrected chi connectivity index (χ0v) is 32.5. The van der Waals surface area contributed by atoms with E-state index in [0.29, 0.717) is 12.8 Å². The van der Waals surface area contributed by atoms with Crippen LogP contribution in [0.2, 0.25) is 0 Å². The fraction of sp³-hybridized carbons (Fsp3) is 0.850. The van der Waals surface area contributed by atoms with Gasteiger partial charge in [0.25, 0.3) is 0 Å². The van der Waals surface area contributed by atoms with Crippen molar-refractivity contribution in [1.29, 1.82) is 0 Å². The van der Waals surface area contributed by atoms with E-state index in [9.17, 15) is 14.2 Å². The Hall–Kier alpha value is -1.47. The Labute approximate surface area is 300 Å². The summed E-state index contributed by atoms with van der Waals surface area (Å²) >= 11 is 0. The molecule has 0 aliphatic carbocycles. The summed E-state index contributed by atoms with van der Waals surface area (Å²) in [5.74, 6) is -0.900. The topological polar surface area (TPSA) is 119 Å². The van der Waals surface area contributed by atoms with Gasteiger partial charge in [0.2, 0.25) is 0 Å². The first-order valence-corrected chi connectivity index (χ1v) is 21.7. The highest BCUT2D eigenvalue weighted by molar-refractivity contribution is 7.46. The van der Waals surface area contributed by atoms with E-state index in [1.165, 1.54) is 96.3 Å². The minimum absolute atomic E-state index is 0.202. The number of esters is 2. The zero-order valence-electron chi connectivity index (χ0n) is 31.6. The van der Waals surface area contributed by atoms with Crippen LogP contribution in [0.1, 0.15) is 200 Å². The lowest BCUT2D eigenvalue weighted by Crippen LogP contribution is -2.29. The standard InChI is InChI=1S/C40H75O8P/c1-3-5-7-9-11-13-15-17-19-21-22-24-26-28-30-32-34-39(41)46-36-38(37-47-49(43,44)45)48-40(42)35-33-31-29-27-25-23-20-18-16-14-12-10-8-6-4-2/h18-21,38H,3-17,22-37H2,1-2H3,(H2,43,44,45)/b20-18-,21-19-/t38-/m1/s1. The summed E-state index contributed by atoms with van der Waals surface area (Å²) in [4.78, 5) is 42.8. The molecule has 0 radical (unpaired) electrons. The minimum atomic E-state index is -4.75. The van der Waals surface area contributed by atoms with Gasteiger partial charge < -0.3 is 19.3 Å². The molecule has 1 atom stereocenters. The summed E-state index contributed by atoms with van der Waals surface area (Å²) in [6, 6.07) is 0. The second-order valence-electron chi connectivity index (χ2n) is 13.6. The number of allylic oxidation sites excluding steroid dienone is 4. The molecule has 0 rings (SSSR count). The molecule has 0 heterocycles. The summed E-state index contributed by atoms with van der Waals surface area (Å²) in [6.07, 6.45) is 40.4. The van der Waals surface area contributed by atoms with Crippen LogP contribution in [0.4, 0.5) is 0 Å². The first-order valence-electron chi connectivity index (χ1n) is 20.1. The van der Waals surface area contributed by atoms with Gasteiger partial charge in [0.05, 0.1) is 6.61 Å². The number of hydrogen-bond acceptors (Lipinski definition) is 6. The number of carbonyl (C=O) groups is 2. The predicted octanol–water partition coefficient (Wildman–Crippen LogP) is 12.0. The smallest absolute Gasteiger partial charge is 0.462 e. The molecule has 8 nitrogen and oxygen atoms in total. The van der Waals surface area contributed by atoms with Crippen molar-refractivity contribution in [1.82, 2.24) is 0 Å². The van der Waals surface area contributed by atoms with Gasteiger partial charge >= 0.3 is 19.8 Å². The highest BCUT2D eigenvalue weighted by atomic mass is 31.2. The molecule has 0 amide bonds. The second kappa shape index (κ2) is 36.3. The maximum absolute atomic E-state index is 12.4. The lowest BCUT2D eigenvalue weighted by atomic mass is 10.1. The van der Waals surface area contributed by atoms with Gasteiger partial charge in [0.1, 0.15) is 6.61 Å². The fourth-order valence-corrected chi connectivity index (χ4v) is 6.02. The zero-order chi connectivity index (χ0) is 36.1. The quantitative estimate of drug-likeness (QED) is 0.0282. The van der Waals surface area contributed by atoms with E-state index in [4.69, 9.17) is 19.3 Å². The fourth-order valence-electron chi connectivity index (χ4n) is 5.66. The lowest BCUT2D eigenvalue weighted by Gasteiger charge is -2.18. The molecular formula is C40H75O8P. The lowest BCUT2D eigenvalue weighted by molar-refractivity contribution is -0.161. The van der Waals surface area contributed by atoms with E-state index in [1.807, 2.05) is 0 Å². The van der Waals surface area contributed by atoms with E-state index in [2.05, 4.69) is 42.7 Å². The van der Waals surface area contributed by atoms with Crippen LogP contribution in [0, 0.1) is 0 Å². The van der Waals surface area contributed by atoms with Crippen LogP contribution in [-0.2, 0) is 28.2 Å². The number of phosphoric ester groups is 1. The van der Waals surface area contributed by atoms with Crippen molar-refractivity contribution in [3.8, 4) is 0 Å². The Morgan fingerprint density at radius 2 is 0.857 bits per heavy atom. The van der Waals surface area contributed by atoms with Crippen LogP contribution in [0.3, 0.4) is 0 Å². The molecule has 0 aliphatic rings. The molecule has 288 valence electrons. The van der Waals surface area contributed by atoms with Crippen LogP contribution in [0.15, 0.2) is 24.3 Å². The van der Waals surface area contributed by atoms with E-state index in [1.54, 1.807) is 0 Å². The Kier molecular flexibility index (Phi) is 35.2.